The van der Waals surface area contributed by atoms with Crippen LogP contribution in [0.3, 0.4) is 0 Å². The smallest absolute Gasteiger partial charge is 0.369 e. The number of ether oxygens (including phenoxy) is 1. The van der Waals surface area contributed by atoms with Crippen molar-refractivity contribution in [3.63, 3.8) is 0 Å². The Bertz CT molecular complexity index is 894. The van der Waals surface area contributed by atoms with Crippen LogP contribution in [0.1, 0.15) is 19.6 Å². The summed E-state index contributed by atoms with van der Waals surface area (Å²) in [6, 6.07) is 0. The average molecular weight is 323 g/mol. The van der Waals surface area contributed by atoms with Crippen LogP contribution in [-0.2, 0) is 27.1 Å². The minimum absolute atomic E-state index is 0.164. The molecule has 0 aromatic carbocycles. The van der Waals surface area contributed by atoms with Crippen LogP contribution in [-0.4, -0.2) is 34.6 Å². The zero-order chi connectivity index (χ0) is 16.6. The molecule has 3 aromatic heterocycles. The van der Waals surface area contributed by atoms with Crippen molar-refractivity contribution in [2.75, 3.05) is 0 Å². The van der Waals surface area contributed by atoms with Gasteiger partial charge in [0.05, 0.1) is 6.93 Å². The second kappa shape index (κ2) is 5.72. The van der Waals surface area contributed by atoms with Gasteiger partial charge < -0.3 is 4.74 Å². The molecular formula is C12H15N7O2S. The number of hydrogen-bond acceptors (Lipinski definition) is 7. The third-order valence-electron chi connectivity index (χ3n) is 3.22. The van der Waals surface area contributed by atoms with Crippen molar-refractivity contribution in [2.45, 2.75) is 20.0 Å². The molecule has 10 heteroatoms. The Morgan fingerprint density at radius 3 is 2.77 bits per heavy atom. The summed E-state index contributed by atoms with van der Waals surface area (Å²) in [5.41, 5.74) is 1.30. The average Bonchev–Trinajstić information content (AvgIpc) is 3.17. The molecule has 0 aliphatic carbocycles. The summed E-state index contributed by atoms with van der Waals surface area (Å²) in [5.74, 6) is 0.394. The van der Waals surface area contributed by atoms with E-state index in [1.165, 1.54) is 18.4 Å². The highest BCUT2D eigenvalue weighted by atomic mass is 32.1. The summed E-state index contributed by atoms with van der Waals surface area (Å²) in [7, 11) is 3.33. The molecule has 0 aliphatic rings. The van der Waals surface area contributed by atoms with Crippen molar-refractivity contribution < 1.29 is 6.11 Å². The Kier molecular flexibility index (Phi) is 3.43. The van der Waals surface area contributed by atoms with Crippen molar-refractivity contribution in [3.8, 4) is 11.0 Å². The Morgan fingerprint density at radius 2 is 2.18 bits per heavy atom. The highest BCUT2D eigenvalue weighted by Gasteiger charge is 2.20. The molecule has 0 spiro atoms. The predicted molar refractivity (Wildman–Crippen MR) is 79.2 cm³/mol. The van der Waals surface area contributed by atoms with Crippen LogP contribution < -0.4 is 10.4 Å². The van der Waals surface area contributed by atoms with E-state index >= 15 is 0 Å². The van der Waals surface area contributed by atoms with E-state index in [2.05, 4.69) is 20.5 Å². The quantitative estimate of drug-likeness (QED) is 0.670. The number of tetrazole rings is 1. The summed E-state index contributed by atoms with van der Waals surface area (Å²) in [5, 5.41) is 13.9. The molecule has 3 aromatic rings. The van der Waals surface area contributed by atoms with Crippen LogP contribution in [0.2, 0.25) is 0 Å². The Morgan fingerprint density at radius 1 is 1.36 bits per heavy atom. The van der Waals surface area contributed by atoms with Gasteiger partial charge in [-0.15, -0.1) is 4.68 Å². The second-order valence-corrected chi connectivity index (χ2v) is 5.37. The van der Waals surface area contributed by atoms with Crippen molar-refractivity contribution in [2.24, 2.45) is 14.1 Å². The van der Waals surface area contributed by atoms with Gasteiger partial charge in [-0.2, -0.15) is 9.78 Å². The molecule has 0 saturated heterocycles. The maximum atomic E-state index is 12.1. The fourth-order valence-corrected chi connectivity index (χ4v) is 2.61. The van der Waals surface area contributed by atoms with Gasteiger partial charge in [-0.1, -0.05) is 18.3 Å². The zero-order valence-corrected chi connectivity index (χ0v) is 13.2. The fraction of sp³-hybridized carbons (Fsp3) is 0.417. The van der Waals surface area contributed by atoms with Crippen molar-refractivity contribution in [1.29, 1.82) is 0 Å². The van der Waals surface area contributed by atoms with Crippen LogP contribution in [0.15, 0.2) is 16.3 Å². The first kappa shape index (κ1) is 13.2. The number of nitrogens with zero attached hydrogens (tertiary/aromatic N) is 7. The van der Waals surface area contributed by atoms with E-state index in [9.17, 15) is 4.79 Å². The lowest BCUT2D eigenvalue weighted by molar-refractivity contribution is 0.302. The van der Waals surface area contributed by atoms with E-state index in [0.29, 0.717) is 11.0 Å². The van der Waals surface area contributed by atoms with Crippen LogP contribution in [0.4, 0.5) is 0 Å². The molecule has 3 rings (SSSR count). The zero-order valence-electron chi connectivity index (χ0n) is 13.3. The number of aromatic nitrogens is 7. The maximum absolute atomic E-state index is 12.1. The summed E-state index contributed by atoms with van der Waals surface area (Å²) < 4.78 is 17.1. The van der Waals surface area contributed by atoms with E-state index in [-0.39, 0.29) is 18.5 Å². The molecule has 116 valence electrons. The van der Waals surface area contributed by atoms with Crippen molar-refractivity contribution in [3.05, 3.63) is 33.3 Å². The van der Waals surface area contributed by atoms with Gasteiger partial charge >= 0.3 is 5.69 Å². The molecule has 3 heterocycles. The first-order chi connectivity index (χ1) is 11.0. The molecule has 0 atom stereocenters. The topological polar surface area (TPSA) is 92.6 Å². The van der Waals surface area contributed by atoms with Gasteiger partial charge in [-0.25, -0.2) is 9.78 Å². The highest BCUT2D eigenvalue weighted by molar-refractivity contribution is 7.11. The standard InChI is InChI=1S/C12H15N7O2S/c1-4-9-8(7-21-11-13-5-6-22-11)10(14-17(9)2)19-12(20)18(3)15-16-19/h5-6H,4,7H2,1-3H3/i5T. The van der Waals surface area contributed by atoms with Gasteiger partial charge in [0, 0.05) is 31.3 Å². The van der Waals surface area contributed by atoms with Crippen molar-refractivity contribution >= 4 is 11.3 Å². The van der Waals surface area contributed by atoms with E-state index in [0.717, 1.165) is 27.0 Å². The van der Waals surface area contributed by atoms with E-state index in [4.69, 9.17) is 6.11 Å². The largest absolute Gasteiger partial charge is 0.465 e. The van der Waals surface area contributed by atoms with Crippen molar-refractivity contribution in [1.82, 2.24) is 34.6 Å². The molecule has 0 fully saturated rings. The fourth-order valence-electron chi connectivity index (χ4n) is 2.18. The highest BCUT2D eigenvalue weighted by Crippen LogP contribution is 2.21. The summed E-state index contributed by atoms with van der Waals surface area (Å²) in [6.45, 7) is 2.18. The Hall–Kier alpha value is -2.49. The van der Waals surface area contributed by atoms with E-state index in [1.54, 1.807) is 17.1 Å². The Labute approximate surface area is 131 Å². The van der Waals surface area contributed by atoms with Crippen LogP contribution >= 0.6 is 11.3 Å². The summed E-state index contributed by atoms with van der Waals surface area (Å²) >= 11 is 1.25. The molecule has 0 aliphatic heterocycles. The minimum atomic E-state index is -0.380. The number of hydrogen-bond donors (Lipinski definition) is 0. The predicted octanol–water partition coefficient (Wildman–Crippen LogP) is 0.297. The lowest BCUT2D eigenvalue weighted by Gasteiger charge is -2.05. The molecular weight excluding hydrogens is 306 g/mol. The van der Waals surface area contributed by atoms with Crippen LogP contribution in [0.5, 0.6) is 5.19 Å². The number of aryl methyl sites for hydroxylation is 2. The minimum Gasteiger partial charge on any atom is -0.465 e. The lowest BCUT2D eigenvalue weighted by atomic mass is 10.2. The lowest BCUT2D eigenvalue weighted by Crippen LogP contribution is -2.23. The third kappa shape index (κ3) is 2.41. The molecule has 0 unspecified atom stereocenters. The van der Waals surface area contributed by atoms with Gasteiger partial charge in [0.1, 0.15) is 6.61 Å². The molecule has 0 N–H and O–H groups in total. The van der Waals surface area contributed by atoms with Crippen LogP contribution in [0.25, 0.3) is 5.82 Å². The molecule has 9 nitrogen and oxygen atoms in total. The van der Waals surface area contributed by atoms with Gasteiger partial charge in [-0.05, 0) is 16.8 Å². The van der Waals surface area contributed by atoms with Crippen LogP contribution in [0, 0.1) is 0 Å². The number of rotatable bonds is 5. The van der Waals surface area contributed by atoms with E-state index < -0.39 is 0 Å². The molecule has 0 bridgehead atoms. The number of thiazole rings is 1. The SMILES string of the molecule is [3H]c1csc(OCc2c(-n3nnn(C)c3=O)nn(C)c2CC)n1. The van der Waals surface area contributed by atoms with Gasteiger partial charge in [0.2, 0.25) is 0 Å². The van der Waals surface area contributed by atoms with Gasteiger partial charge in [-0.3, -0.25) is 4.68 Å². The maximum Gasteiger partial charge on any atom is 0.369 e. The monoisotopic (exact) mass is 323 g/mol. The Balaban J connectivity index is 2.00. The van der Waals surface area contributed by atoms with Gasteiger partial charge in [0.15, 0.2) is 5.82 Å². The molecule has 22 heavy (non-hydrogen) atoms. The molecule has 0 amide bonds. The van der Waals surface area contributed by atoms with Gasteiger partial charge in [0.25, 0.3) is 5.19 Å². The second-order valence-electron chi connectivity index (χ2n) is 4.55. The third-order valence-corrected chi connectivity index (χ3v) is 3.85. The summed E-state index contributed by atoms with van der Waals surface area (Å²) in [4.78, 5) is 16.0. The first-order valence-electron chi connectivity index (χ1n) is 7.10. The molecule has 0 radical (unpaired) electrons. The first-order valence-corrected chi connectivity index (χ1v) is 7.48. The van der Waals surface area contributed by atoms with E-state index in [1.807, 2.05) is 6.92 Å². The normalized spacial score (nSPS) is 11.7. The summed E-state index contributed by atoms with van der Waals surface area (Å²) in [6.07, 6.45) is 0.885. The molecule has 0 saturated carbocycles.